The molecule has 0 spiro atoms. The molecular weight excluding hydrogens is 295 g/mol. The van der Waals surface area contributed by atoms with Gasteiger partial charge in [-0.3, -0.25) is 0 Å². The molecule has 6 heteroatoms. The highest BCUT2D eigenvalue weighted by molar-refractivity contribution is 6.33. The van der Waals surface area contributed by atoms with Crippen LogP contribution >= 0.6 is 11.6 Å². The van der Waals surface area contributed by atoms with E-state index in [0.717, 1.165) is 17.2 Å². The number of amides is 2. The average molecular weight is 309 g/mol. The van der Waals surface area contributed by atoms with Crippen LogP contribution in [-0.4, -0.2) is 11.1 Å². The van der Waals surface area contributed by atoms with Crippen molar-refractivity contribution in [1.82, 2.24) is 5.32 Å². The van der Waals surface area contributed by atoms with Gasteiger partial charge in [-0.25, -0.2) is 9.18 Å². The predicted molar refractivity (Wildman–Crippen MR) is 79.6 cm³/mol. The van der Waals surface area contributed by atoms with Gasteiger partial charge in [0.05, 0.1) is 17.3 Å². The van der Waals surface area contributed by atoms with Crippen molar-refractivity contribution < 1.29 is 14.3 Å². The van der Waals surface area contributed by atoms with E-state index in [9.17, 15) is 14.3 Å². The normalized spacial score (nSPS) is 10.2. The van der Waals surface area contributed by atoms with E-state index >= 15 is 0 Å². The minimum Gasteiger partial charge on any atom is -0.392 e. The lowest BCUT2D eigenvalue weighted by molar-refractivity contribution is 0.251. The molecule has 0 fully saturated rings. The van der Waals surface area contributed by atoms with Gasteiger partial charge in [0.1, 0.15) is 5.82 Å². The standard InChI is InChI=1S/C15H14ClFN2O2/c16-13-6-5-12(17)7-14(13)19-15(21)18-8-10-3-1-2-4-11(10)9-20/h1-7,20H,8-9H2,(H2,18,19,21). The molecule has 4 nitrogen and oxygen atoms in total. The summed E-state index contributed by atoms with van der Waals surface area (Å²) < 4.78 is 13.1. The number of carbonyl (C=O) groups is 1. The first-order valence-corrected chi connectivity index (χ1v) is 6.65. The second kappa shape index (κ2) is 7.06. The van der Waals surface area contributed by atoms with Gasteiger partial charge in [0.15, 0.2) is 0 Å². The number of halogens is 2. The molecule has 0 atom stereocenters. The molecule has 3 N–H and O–H groups in total. The summed E-state index contributed by atoms with van der Waals surface area (Å²) in [7, 11) is 0. The lowest BCUT2D eigenvalue weighted by Gasteiger charge is -2.11. The lowest BCUT2D eigenvalue weighted by Crippen LogP contribution is -2.28. The quantitative estimate of drug-likeness (QED) is 0.811. The number of hydrogen-bond acceptors (Lipinski definition) is 2. The Morgan fingerprint density at radius 2 is 1.90 bits per heavy atom. The van der Waals surface area contributed by atoms with Gasteiger partial charge in [0.25, 0.3) is 0 Å². The van der Waals surface area contributed by atoms with E-state index in [2.05, 4.69) is 10.6 Å². The molecule has 21 heavy (non-hydrogen) atoms. The number of aliphatic hydroxyl groups is 1. The summed E-state index contributed by atoms with van der Waals surface area (Å²) in [5, 5.41) is 14.6. The number of aliphatic hydroxyl groups excluding tert-OH is 1. The second-order valence-corrected chi connectivity index (χ2v) is 4.77. The molecule has 2 aromatic rings. The van der Waals surface area contributed by atoms with Crippen molar-refractivity contribution in [1.29, 1.82) is 0 Å². The van der Waals surface area contributed by atoms with Gasteiger partial charge in [0.2, 0.25) is 0 Å². The smallest absolute Gasteiger partial charge is 0.319 e. The molecule has 2 amide bonds. The van der Waals surface area contributed by atoms with Crippen molar-refractivity contribution >= 4 is 23.3 Å². The van der Waals surface area contributed by atoms with Crippen molar-refractivity contribution in [2.45, 2.75) is 13.2 Å². The Balaban J connectivity index is 1.97. The Labute approximate surface area is 126 Å². The highest BCUT2D eigenvalue weighted by atomic mass is 35.5. The summed E-state index contributed by atoms with van der Waals surface area (Å²) in [5.74, 6) is -0.486. The fourth-order valence-electron chi connectivity index (χ4n) is 1.82. The molecule has 0 aromatic heterocycles. The maximum Gasteiger partial charge on any atom is 0.319 e. The molecule has 110 valence electrons. The highest BCUT2D eigenvalue weighted by Gasteiger charge is 2.07. The predicted octanol–water partition coefficient (Wildman–Crippen LogP) is 3.29. The largest absolute Gasteiger partial charge is 0.392 e. The Morgan fingerprint density at radius 3 is 2.62 bits per heavy atom. The number of carbonyl (C=O) groups excluding carboxylic acids is 1. The molecule has 0 bridgehead atoms. The summed E-state index contributed by atoms with van der Waals surface area (Å²) in [5.41, 5.74) is 1.74. The van der Waals surface area contributed by atoms with Gasteiger partial charge in [-0.15, -0.1) is 0 Å². The molecule has 0 saturated heterocycles. The monoisotopic (exact) mass is 308 g/mol. The second-order valence-electron chi connectivity index (χ2n) is 4.36. The molecule has 0 unspecified atom stereocenters. The molecular formula is C15H14ClFN2O2. The van der Waals surface area contributed by atoms with Gasteiger partial charge < -0.3 is 15.7 Å². The molecule has 0 saturated carbocycles. The maximum atomic E-state index is 13.1. The van der Waals surface area contributed by atoms with Gasteiger partial charge in [-0.2, -0.15) is 0 Å². The van der Waals surface area contributed by atoms with Crippen molar-refractivity contribution in [2.24, 2.45) is 0 Å². The summed E-state index contributed by atoms with van der Waals surface area (Å²) in [6, 6.07) is 10.4. The zero-order valence-electron chi connectivity index (χ0n) is 11.1. The highest BCUT2D eigenvalue weighted by Crippen LogP contribution is 2.22. The number of hydrogen-bond donors (Lipinski definition) is 3. The third-order valence-electron chi connectivity index (χ3n) is 2.90. The lowest BCUT2D eigenvalue weighted by atomic mass is 10.1. The Morgan fingerprint density at radius 1 is 1.19 bits per heavy atom. The maximum absolute atomic E-state index is 13.1. The Kier molecular flexibility index (Phi) is 5.14. The van der Waals surface area contributed by atoms with Gasteiger partial charge in [-0.05, 0) is 29.3 Å². The van der Waals surface area contributed by atoms with Crippen molar-refractivity contribution in [3.05, 3.63) is 64.4 Å². The van der Waals surface area contributed by atoms with Crippen LogP contribution in [0.2, 0.25) is 5.02 Å². The molecule has 2 rings (SSSR count). The van der Waals surface area contributed by atoms with E-state index in [-0.39, 0.29) is 23.9 Å². The van der Waals surface area contributed by atoms with E-state index in [1.165, 1.54) is 12.1 Å². The van der Waals surface area contributed by atoms with E-state index in [4.69, 9.17) is 11.6 Å². The molecule has 0 heterocycles. The minimum atomic E-state index is -0.504. The van der Waals surface area contributed by atoms with Crippen LogP contribution in [0.3, 0.4) is 0 Å². The molecule has 0 aliphatic heterocycles. The van der Waals surface area contributed by atoms with E-state index in [1.807, 2.05) is 12.1 Å². The first kappa shape index (κ1) is 15.3. The van der Waals surface area contributed by atoms with Crippen LogP contribution in [0, 0.1) is 5.82 Å². The first-order valence-electron chi connectivity index (χ1n) is 6.27. The van der Waals surface area contributed by atoms with Crippen LogP contribution in [0.5, 0.6) is 0 Å². The van der Waals surface area contributed by atoms with Crippen LogP contribution in [0.1, 0.15) is 11.1 Å². The number of urea groups is 1. The van der Waals surface area contributed by atoms with Crippen LogP contribution in [0.4, 0.5) is 14.9 Å². The third-order valence-corrected chi connectivity index (χ3v) is 3.23. The third kappa shape index (κ3) is 4.18. The van der Waals surface area contributed by atoms with Crippen LogP contribution in [0.15, 0.2) is 42.5 Å². The first-order chi connectivity index (χ1) is 10.1. The zero-order chi connectivity index (χ0) is 15.2. The Hall–Kier alpha value is -2.11. The van der Waals surface area contributed by atoms with Crippen molar-refractivity contribution in [2.75, 3.05) is 5.32 Å². The molecule has 0 aliphatic rings. The number of nitrogens with one attached hydrogen (secondary N) is 2. The molecule has 0 radical (unpaired) electrons. The molecule has 2 aromatic carbocycles. The van der Waals surface area contributed by atoms with E-state index in [0.29, 0.717) is 0 Å². The van der Waals surface area contributed by atoms with E-state index < -0.39 is 11.8 Å². The summed E-state index contributed by atoms with van der Waals surface area (Å²) in [4.78, 5) is 11.8. The average Bonchev–Trinajstić information content (AvgIpc) is 2.49. The van der Waals surface area contributed by atoms with Crippen molar-refractivity contribution in [3.8, 4) is 0 Å². The van der Waals surface area contributed by atoms with Crippen LogP contribution < -0.4 is 10.6 Å². The molecule has 0 aliphatic carbocycles. The van der Waals surface area contributed by atoms with Gasteiger partial charge >= 0.3 is 6.03 Å². The number of anilines is 1. The van der Waals surface area contributed by atoms with Crippen LogP contribution in [0.25, 0.3) is 0 Å². The number of benzene rings is 2. The van der Waals surface area contributed by atoms with E-state index in [1.54, 1.807) is 12.1 Å². The van der Waals surface area contributed by atoms with Crippen LogP contribution in [-0.2, 0) is 13.2 Å². The Bertz CT molecular complexity index is 649. The topological polar surface area (TPSA) is 61.4 Å². The summed E-state index contributed by atoms with van der Waals surface area (Å²) >= 11 is 5.86. The van der Waals surface area contributed by atoms with Gasteiger partial charge in [0, 0.05) is 6.54 Å². The fraction of sp³-hybridized carbons (Fsp3) is 0.133. The van der Waals surface area contributed by atoms with Crippen molar-refractivity contribution in [3.63, 3.8) is 0 Å². The SMILES string of the molecule is O=C(NCc1ccccc1CO)Nc1cc(F)ccc1Cl. The van der Waals surface area contributed by atoms with Gasteiger partial charge in [-0.1, -0.05) is 35.9 Å². The fourth-order valence-corrected chi connectivity index (χ4v) is 1.98. The minimum absolute atomic E-state index is 0.102. The summed E-state index contributed by atoms with van der Waals surface area (Å²) in [6.45, 7) is 0.144. The number of rotatable bonds is 4. The summed E-state index contributed by atoms with van der Waals surface area (Å²) in [6.07, 6.45) is 0. The zero-order valence-corrected chi connectivity index (χ0v) is 11.8.